The Bertz CT molecular complexity index is 242. The summed E-state index contributed by atoms with van der Waals surface area (Å²) in [5.41, 5.74) is 5.41. The molecule has 0 aromatic carbocycles. The number of aliphatic hydroxyl groups is 1. The second-order valence-corrected chi connectivity index (χ2v) is 2.15. The third kappa shape index (κ3) is 1.96. The Morgan fingerprint density at radius 1 is 1.73 bits per heavy atom. The van der Waals surface area contributed by atoms with E-state index in [-0.39, 0.29) is 12.2 Å². The van der Waals surface area contributed by atoms with Crippen molar-refractivity contribution in [2.24, 2.45) is 5.73 Å². The molecule has 0 aliphatic rings. The number of rotatable bonds is 2. The standard InChI is InChI=1S/C7H9FN2O/c8-5-1-2-10-6(3-5)7(11)4-9/h1-3,7,11H,4,9H2. The highest BCUT2D eigenvalue weighted by Gasteiger charge is 2.06. The molecule has 1 aromatic heterocycles. The molecule has 0 aliphatic carbocycles. The van der Waals surface area contributed by atoms with E-state index in [0.29, 0.717) is 0 Å². The maximum Gasteiger partial charge on any atom is 0.126 e. The molecule has 0 bridgehead atoms. The van der Waals surface area contributed by atoms with E-state index in [2.05, 4.69) is 4.98 Å². The number of halogens is 1. The average Bonchev–Trinajstić information content (AvgIpc) is 2.03. The predicted octanol–water partition coefficient (Wildman–Crippen LogP) is 0.213. The van der Waals surface area contributed by atoms with Crippen LogP contribution in [-0.4, -0.2) is 16.6 Å². The van der Waals surface area contributed by atoms with Crippen LogP contribution in [-0.2, 0) is 0 Å². The summed E-state index contributed by atoms with van der Waals surface area (Å²) in [5, 5.41) is 9.10. The zero-order valence-corrected chi connectivity index (χ0v) is 5.87. The van der Waals surface area contributed by atoms with Crippen LogP contribution >= 0.6 is 0 Å². The smallest absolute Gasteiger partial charge is 0.126 e. The summed E-state index contributed by atoms with van der Waals surface area (Å²) in [4.78, 5) is 3.74. The van der Waals surface area contributed by atoms with Gasteiger partial charge in [0.1, 0.15) is 11.9 Å². The van der Waals surface area contributed by atoms with E-state index in [1.165, 1.54) is 12.3 Å². The molecule has 1 heterocycles. The Kier molecular flexibility index (Phi) is 2.51. The summed E-state index contributed by atoms with van der Waals surface area (Å²) in [6, 6.07) is 2.38. The SMILES string of the molecule is NCC(O)c1cc(F)ccn1. The Labute approximate surface area is 63.7 Å². The van der Waals surface area contributed by atoms with E-state index in [1.54, 1.807) is 0 Å². The highest BCUT2D eigenvalue weighted by atomic mass is 19.1. The minimum atomic E-state index is -0.870. The Morgan fingerprint density at radius 3 is 3.00 bits per heavy atom. The van der Waals surface area contributed by atoms with Crippen molar-refractivity contribution < 1.29 is 9.50 Å². The van der Waals surface area contributed by atoms with Crippen molar-refractivity contribution in [3.8, 4) is 0 Å². The monoisotopic (exact) mass is 156 g/mol. The van der Waals surface area contributed by atoms with Crippen LogP contribution in [0.25, 0.3) is 0 Å². The van der Waals surface area contributed by atoms with Crippen LogP contribution < -0.4 is 5.73 Å². The number of nitrogens with two attached hydrogens (primary N) is 1. The third-order valence-electron chi connectivity index (χ3n) is 1.31. The minimum absolute atomic E-state index is 0.0520. The molecule has 1 unspecified atom stereocenters. The van der Waals surface area contributed by atoms with Gasteiger partial charge in [-0.25, -0.2) is 4.39 Å². The van der Waals surface area contributed by atoms with Crippen molar-refractivity contribution in [2.45, 2.75) is 6.10 Å². The van der Waals surface area contributed by atoms with Crippen LogP contribution in [0.2, 0.25) is 0 Å². The van der Waals surface area contributed by atoms with Gasteiger partial charge in [-0.05, 0) is 12.1 Å². The van der Waals surface area contributed by atoms with Gasteiger partial charge in [-0.2, -0.15) is 0 Å². The molecule has 3 N–H and O–H groups in total. The number of aliphatic hydroxyl groups excluding tert-OH is 1. The molecule has 1 aromatic rings. The summed E-state index contributed by atoms with van der Waals surface area (Å²) in [6.07, 6.45) is 0.425. The highest BCUT2D eigenvalue weighted by molar-refractivity contribution is 5.08. The van der Waals surface area contributed by atoms with Crippen molar-refractivity contribution in [1.29, 1.82) is 0 Å². The van der Waals surface area contributed by atoms with Crippen molar-refractivity contribution in [3.63, 3.8) is 0 Å². The summed E-state index contributed by atoms with van der Waals surface area (Å²) in [5.74, 6) is -0.414. The number of hydrogen-bond acceptors (Lipinski definition) is 3. The Balaban J connectivity index is 2.86. The lowest BCUT2D eigenvalue weighted by Gasteiger charge is -2.05. The second-order valence-electron chi connectivity index (χ2n) is 2.15. The van der Waals surface area contributed by atoms with E-state index in [9.17, 15) is 4.39 Å². The molecule has 0 spiro atoms. The number of nitrogens with zero attached hydrogens (tertiary/aromatic N) is 1. The van der Waals surface area contributed by atoms with Gasteiger partial charge in [0.25, 0.3) is 0 Å². The molecule has 1 atom stereocenters. The molecular weight excluding hydrogens is 147 g/mol. The molecular formula is C7H9FN2O. The lowest BCUT2D eigenvalue weighted by atomic mass is 10.2. The van der Waals surface area contributed by atoms with Crippen LogP contribution in [0, 0.1) is 5.82 Å². The first-order chi connectivity index (χ1) is 5.24. The average molecular weight is 156 g/mol. The summed E-state index contributed by atoms with van der Waals surface area (Å²) < 4.78 is 12.5. The number of hydrogen-bond donors (Lipinski definition) is 2. The molecule has 0 saturated carbocycles. The lowest BCUT2D eigenvalue weighted by Crippen LogP contribution is -2.12. The number of pyridine rings is 1. The molecule has 60 valence electrons. The van der Waals surface area contributed by atoms with Gasteiger partial charge in [-0.1, -0.05) is 0 Å². The van der Waals surface area contributed by atoms with Gasteiger partial charge in [-0.3, -0.25) is 4.98 Å². The minimum Gasteiger partial charge on any atom is -0.385 e. The Hall–Kier alpha value is -1.00. The van der Waals surface area contributed by atoms with E-state index < -0.39 is 11.9 Å². The van der Waals surface area contributed by atoms with Gasteiger partial charge in [0.15, 0.2) is 0 Å². The molecule has 0 fully saturated rings. The van der Waals surface area contributed by atoms with Crippen LogP contribution in [0.3, 0.4) is 0 Å². The first-order valence-corrected chi connectivity index (χ1v) is 3.23. The predicted molar refractivity (Wildman–Crippen MR) is 38.2 cm³/mol. The Morgan fingerprint density at radius 2 is 2.45 bits per heavy atom. The summed E-state index contributed by atoms with van der Waals surface area (Å²) in [6.45, 7) is 0.0520. The van der Waals surface area contributed by atoms with Gasteiger partial charge in [0.2, 0.25) is 0 Å². The summed E-state index contributed by atoms with van der Waals surface area (Å²) >= 11 is 0. The van der Waals surface area contributed by atoms with E-state index in [4.69, 9.17) is 10.8 Å². The molecule has 0 radical (unpaired) electrons. The molecule has 0 amide bonds. The van der Waals surface area contributed by atoms with Crippen LogP contribution in [0.15, 0.2) is 18.3 Å². The maximum absolute atomic E-state index is 12.5. The van der Waals surface area contributed by atoms with Gasteiger partial charge < -0.3 is 10.8 Å². The van der Waals surface area contributed by atoms with E-state index in [0.717, 1.165) is 6.07 Å². The second kappa shape index (κ2) is 3.41. The van der Waals surface area contributed by atoms with E-state index >= 15 is 0 Å². The fourth-order valence-electron chi connectivity index (χ4n) is 0.724. The van der Waals surface area contributed by atoms with Crippen molar-refractivity contribution in [1.82, 2.24) is 4.98 Å². The first kappa shape index (κ1) is 8.10. The third-order valence-corrected chi connectivity index (χ3v) is 1.31. The van der Waals surface area contributed by atoms with Crippen LogP contribution in [0.4, 0.5) is 4.39 Å². The van der Waals surface area contributed by atoms with Gasteiger partial charge in [0, 0.05) is 12.7 Å². The van der Waals surface area contributed by atoms with Crippen molar-refractivity contribution in [3.05, 3.63) is 29.8 Å². The van der Waals surface area contributed by atoms with Gasteiger partial charge in [0.05, 0.1) is 5.69 Å². The zero-order valence-electron chi connectivity index (χ0n) is 5.87. The molecule has 11 heavy (non-hydrogen) atoms. The van der Waals surface area contributed by atoms with Crippen molar-refractivity contribution in [2.75, 3.05) is 6.54 Å². The molecule has 1 rings (SSSR count). The molecule has 4 heteroatoms. The number of aromatic nitrogens is 1. The van der Waals surface area contributed by atoms with Crippen LogP contribution in [0.1, 0.15) is 11.8 Å². The molecule has 0 aliphatic heterocycles. The van der Waals surface area contributed by atoms with Crippen LogP contribution in [0.5, 0.6) is 0 Å². The largest absolute Gasteiger partial charge is 0.385 e. The van der Waals surface area contributed by atoms with E-state index in [1.807, 2.05) is 0 Å². The lowest BCUT2D eigenvalue weighted by molar-refractivity contribution is 0.181. The first-order valence-electron chi connectivity index (χ1n) is 3.23. The fourth-order valence-corrected chi connectivity index (χ4v) is 0.724. The fraction of sp³-hybridized carbons (Fsp3) is 0.286. The topological polar surface area (TPSA) is 59.1 Å². The zero-order chi connectivity index (χ0) is 8.27. The molecule has 0 saturated heterocycles. The quantitative estimate of drug-likeness (QED) is 0.643. The summed E-state index contributed by atoms with van der Waals surface area (Å²) in [7, 11) is 0. The van der Waals surface area contributed by atoms with Gasteiger partial charge >= 0.3 is 0 Å². The van der Waals surface area contributed by atoms with Crippen molar-refractivity contribution >= 4 is 0 Å². The normalized spacial score (nSPS) is 13.0. The van der Waals surface area contributed by atoms with Gasteiger partial charge in [-0.15, -0.1) is 0 Å². The molecule has 3 nitrogen and oxygen atoms in total. The maximum atomic E-state index is 12.5. The highest BCUT2D eigenvalue weighted by Crippen LogP contribution is 2.08.